The van der Waals surface area contributed by atoms with E-state index in [0.29, 0.717) is 17.9 Å². The number of halogens is 1. The molecule has 156 valence electrons. The van der Waals surface area contributed by atoms with Gasteiger partial charge in [0.05, 0.1) is 6.04 Å². The molecule has 3 N–H and O–H groups in total. The van der Waals surface area contributed by atoms with Gasteiger partial charge in [0.1, 0.15) is 11.6 Å². The van der Waals surface area contributed by atoms with Gasteiger partial charge in [0, 0.05) is 12.7 Å². The molecule has 7 heteroatoms. The van der Waals surface area contributed by atoms with Crippen LogP contribution in [0.15, 0.2) is 48.5 Å². The molecule has 0 aliphatic rings. The Morgan fingerprint density at radius 2 is 1.66 bits per heavy atom. The number of ether oxygens (including phenoxy) is 1. The highest BCUT2D eigenvalue weighted by Gasteiger charge is 2.22. The first kappa shape index (κ1) is 22.2. The number of urea groups is 1. The van der Waals surface area contributed by atoms with Gasteiger partial charge < -0.3 is 20.7 Å². The zero-order valence-electron chi connectivity index (χ0n) is 17.2. The van der Waals surface area contributed by atoms with E-state index in [2.05, 4.69) is 36.7 Å². The van der Waals surface area contributed by atoms with E-state index in [0.717, 1.165) is 5.56 Å². The number of amides is 3. The van der Waals surface area contributed by atoms with E-state index in [4.69, 9.17) is 4.74 Å². The lowest BCUT2D eigenvalue weighted by Gasteiger charge is -2.27. The lowest BCUT2D eigenvalue weighted by molar-refractivity contribution is -0.122. The largest absolute Gasteiger partial charge is 0.484 e. The van der Waals surface area contributed by atoms with Crippen molar-refractivity contribution in [3.8, 4) is 5.75 Å². The van der Waals surface area contributed by atoms with Crippen LogP contribution in [0.5, 0.6) is 5.75 Å². The van der Waals surface area contributed by atoms with Crippen molar-refractivity contribution in [1.82, 2.24) is 10.6 Å². The molecule has 0 saturated carbocycles. The van der Waals surface area contributed by atoms with E-state index in [9.17, 15) is 14.0 Å². The fraction of sp³-hybridized carbons (Fsp3) is 0.364. The Balaban J connectivity index is 2.00. The average molecular weight is 401 g/mol. The highest BCUT2D eigenvalue weighted by Crippen LogP contribution is 2.29. The first-order valence-electron chi connectivity index (χ1n) is 9.43. The van der Waals surface area contributed by atoms with E-state index in [1.54, 1.807) is 36.4 Å². The number of carbonyl (C=O) groups excluding carboxylic acids is 2. The van der Waals surface area contributed by atoms with Crippen molar-refractivity contribution in [3.63, 3.8) is 0 Å². The Morgan fingerprint density at radius 1 is 1.03 bits per heavy atom. The second kappa shape index (κ2) is 9.91. The van der Waals surface area contributed by atoms with Crippen molar-refractivity contribution >= 4 is 17.6 Å². The lowest BCUT2D eigenvalue weighted by atomic mass is 9.85. The van der Waals surface area contributed by atoms with Gasteiger partial charge in [-0.05, 0) is 53.8 Å². The van der Waals surface area contributed by atoms with Crippen molar-refractivity contribution in [3.05, 3.63) is 59.9 Å². The number of nitrogens with one attached hydrogen (secondary N) is 3. The summed E-state index contributed by atoms with van der Waals surface area (Å²) in [6, 6.07) is 12.3. The highest BCUT2D eigenvalue weighted by molar-refractivity contribution is 5.89. The topological polar surface area (TPSA) is 79.5 Å². The second-order valence-electron chi connectivity index (χ2n) is 7.95. The van der Waals surface area contributed by atoms with Crippen molar-refractivity contribution in [2.24, 2.45) is 5.41 Å². The smallest absolute Gasteiger partial charge is 0.319 e. The Hall–Kier alpha value is -3.09. The molecule has 1 unspecified atom stereocenters. The third kappa shape index (κ3) is 7.81. The molecule has 0 bridgehead atoms. The van der Waals surface area contributed by atoms with Gasteiger partial charge in [-0.25, -0.2) is 9.18 Å². The van der Waals surface area contributed by atoms with Gasteiger partial charge in [0.25, 0.3) is 5.91 Å². The predicted octanol–water partition coefficient (Wildman–Crippen LogP) is 4.25. The average Bonchev–Trinajstić information content (AvgIpc) is 2.66. The number of benzene rings is 2. The number of hydrogen-bond donors (Lipinski definition) is 3. The fourth-order valence-corrected chi connectivity index (χ4v) is 2.74. The van der Waals surface area contributed by atoms with Crippen LogP contribution in [0.25, 0.3) is 0 Å². The summed E-state index contributed by atoms with van der Waals surface area (Å²) in [7, 11) is 1.54. The molecule has 0 spiro atoms. The van der Waals surface area contributed by atoms with Crippen LogP contribution in [-0.2, 0) is 4.79 Å². The maximum Gasteiger partial charge on any atom is 0.319 e. The number of anilines is 1. The maximum absolute atomic E-state index is 13.3. The molecule has 0 saturated heterocycles. The molecular weight excluding hydrogens is 373 g/mol. The summed E-state index contributed by atoms with van der Waals surface area (Å²) in [4.78, 5) is 23.7. The second-order valence-corrected chi connectivity index (χ2v) is 7.95. The van der Waals surface area contributed by atoms with E-state index in [-0.39, 0.29) is 35.8 Å². The third-order valence-corrected chi connectivity index (χ3v) is 4.16. The fourth-order valence-electron chi connectivity index (χ4n) is 2.74. The van der Waals surface area contributed by atoms with Gasteiger partial charge in [-0.15, -0.1) is 0 Å². The zero-order chi connectivity index (χ0) is 21.4. The standard InChI is InChI=1S/C22H28FN3O3/c1-22(2,3)13-19(15-5-7-16(23)8-6-15)26-21(28)25-17-9-11-18(12-10-17)29-14-20(27)24-4/h5-12,19H,13-14H2,1-4H3,(H,24,27)(H2,25,26,28). The molecule has 1 atom stereocenters. The summed E-state index contributed by atoms with van der Waals surface area (Å²) >= 11 is 0. The Labute approximate surface area is 170 Å². The molecule has 0 aliphatic carbocycles. The first-order valence-corrected chi connectivity index (χ1v) is 9.43. The lowest BCUT2D eigenvalue weighted by Crippen LogP contribution is -2.34. The molecule has 0 fully saturated rings. The number of rotatable bonds is 7. The van der Waals surface area contributed by atoms with Gasteiger partial charge in [-0.2, -0.15) is 0 Å². The zero-order valence-corrected chi connectivity index (χ0v) is 17.2. The van der Waals surface area contributed by atoms with Crippen LogP contribution in [0.1, 0.15) is 38.8 Å². The SMILES string of the molecule is CNC(=O)COc1ccc(NC(=O)NC(CC(C)(C)C)c2ccc(F)cc2)cc1. The Bertz CT molecular complexity index is 815. The minimum absolute atomic E-state index is 0.0316. The number of hydrogen-bond acceptors (Lipinski definition) is 3. The number of likely N-dealkylation sites (N-methyl/N-ethyl adjacent to an activating group) is 1. The van der Waals surface area contributed by atoms with Crippen LogP contribution < -0.4 is 20.7 Å². The van der Waals surface area contributed by atoms with Crippen molar-refractivity contribution in [1.29, 1.82) is 0 Å². The summed E-state index contributed by atoms with van der Waals surface area (Å²) in [5.74, 6) is -0.0137. The molecule has 0 aromatic heterocycles. The minimum Gasteiger partial charge on any atom is -0.484 e. The van der Waals surface area contributed by atoms with Crippen molar-refractivity contribution in [2.75, 3.05) is 19.0 Å². The molecule has 2 aromatic carbocycles. The Kier molecular flexibility index (Phi) is 7.59. The van der Waals surface area contributed by atoms with Crippen LogP contribution in [0, 0.1) is 11.2 Å². The molecule has 0 radical (unpaired) electrons. The van der Waals surface area contributed by atoms with E-state index >= 15 is 0 Å². The van der Waals surface area contributed by atoms with Gasteiger partial charge in [-0.1, -0.05) is 32.9 Å². The highest BCUT2D eigenvalue weighted by atomic mass is 19.1. The summed E-state index contributed by atoms with van der Waals surface area (Å²) in [6.07, 6.45) is 0.693. The predicted molar refractivity (Wildman–Crippen MR) is 111 cm³/mol. The molecule has 3 amide bonds. The first-order chi connectivity index (χ1) is 13.7. The maximum atomic E-state index is 13.3. The quantitative estimate of drug-likeness (QED) is 0.649. The molecule has 0 aliphatic heterocycles. The van der Waals surface area contributed by atoms with E-state index < -0.39 is 0 Å². The number of carbonyl (C=O) groups is 2. The van der Waals surface area contributed by atoms with Gasteiger partial charge >= 0.3 is 6.03 Å². The summed E-state index contributed by atoms with van der Waals surface area (Å²) in [5, 5.41) is 8.22. The van der Waals surface area contributed by atoms with Crippen LogP contribution >= 0.6 is 0 Å². The third-order valence-electron chi connectivity index (χ3n) is 4.16. The molecule has 0 heterocycles. The molecule has 2 aromatic rings. The van der Waals surface area contributed by atoms with Crippen molar-refractivity contribution < 1.29 is 18.7 Å². The van der Waals surface area contributed by atoms with E-state index in [1.165, 1.54) is 19.2 Å². The molecule has 2 rings (SSSR count). The molecule has 6 nitrogen and oxygen atoms in total. The van der Waals surface area contributed by atoms with Crippen LogP contribution in [0.3, 0.4) is 0 Å². The molecule has 29 heavy (non-hydrogen) atoms. The van der Waals surface area contributed by atoms with Crippen LogP contribution in [0.2, 0.25) is 0 Å². The summed E-state index contributed by atoms with van der Waals surface area (Å²) in [5.41, 5.74) is 1.40. The Morgan fingerprint density at radius 3 is 2.21 bits per heavy atom. The van der Waals surface area contributed by atoms with Gasteiger partial charge in [0.2, 0.25) is 0 Å². The van der Waals surface area contributed by atoms with Gasteiger partial charge in [-0.3, -0.25) is 4.79 Å². The minimum atomic E-state index is -0.359. The van der Waals surface area contributed by atoms with Gasteiger partial charge in [0.15, 0.2) is 6.61 Å². The summed E-state index contributed by atoms with van der Waals surface area (Å²) in [6.45, 7) is 6.18. The molecular formula is C22H28FN3O3. The normalized spacial score (nSPS) is 12.0. The monoisotopic (exact) mass is 401 g/mol. The van der Waals surface area contributed by atoms with E-state index in [1.807, 2.05) is 0 Å². The van der Waals surface area contributed by atoms with Crippen molar-refractivity contribution in [2.45, 2.75) is 33.2 Å². The van der Waals surface area contributed by atoms with Crippen LogP contribution in [0.4, 0.5) is 14.9 Å². The van der Waals surface area contributed by atoms with Crippen LogP contribution in [-0.4, -0.2) is 25.6 Å². The summed E-state index contributed by atoms with van der Waals surface area (Å²) < 4.78 is 18.6.